The molecule has 4 nitrogen and oxygen atoms in total. The molecule has 0 unspecified atom stereocenters. The lowest BCUT2D eigenvalue weighted by atomic mass is 10.1. The zero-order chi connectivity index (χ0) is 20.9. The Morgan fingerprint density at radius 1 is 0.857 bits per heavy atom. The number of aliphatic hydroxyl groups excluding tert-OH is 1. The van der Waals surface area contributed by atoms with Crippen molar-refractivity contribution in [3.8, 4) is 0 Å². The third-order valence-electron chi connectivity index (χ3n) is 5.19. The lowest BCUT2D eigenvalue weighted by Crippen LogP contribution is -2.41. The molecule has 0 aliphatic heterocycles. The van der Waals surface area contributed by atoms with Crippen molar-refractivity contribution in [1.82, 2.24) is 5.32 Å². The molecule has 0 aromatic heterocycles. The van der Waals surface area contributed by atoms with Crippen LogP contribution in [0.2, 0.25) is 0 Å². The molecule has 0 saturated heterocycles. The quantitative estimate of drug-likeness (QED) is 0.187. The van der Waals surface area contributed by atoms with E-state index in [9.17, 15) is 9.90 Å². The smallest absolute Gasteiger partial charge is 0.407 e. The summed E-state index contributed by atoms with van der Waals surface area (Å²) in [7, 11) is 0. The molecule has 0 rings (SSSR count). The van der Waals surface area contributed by atoms with Gasteiger partial charge in [0.25, 0.3) is 0 Å². The van der Waals surface area contributed by atoms with Gasteiger partial charge < -0.3 is 15.2 Å². The van der Waals surface area contributed by atoms with Gasteiger partial charge in [0.1, 0.15) is 0 Å². The third kappa shape index (κ3) is 18.3. The van der Waals surface area contributed by atoms with Crippen molar-refractivity contribution in [2.75, 3.05) is 13.2 Å². The molecule has 1 atom stereocenters. The van der Waals surface area contributed by atoms with Crippen molar-refractivity contribution in [2.24, 2.45) is 5.92 Å². The Labute approximate surface area is 174 Å². The van der Waals surface area contributed by atoms with Gasteiger partial charge in [-0.15, -0.1) is 0 Å². The molecular formula is C24H47NO3. The van der Waals surface area contributed by atoms with Gasteiger partial charge in [-0.3, -0.25) is 0 Å². The van der Waals surface area contributed by atoms with Crippen LogP contribution in [0.5, 0.6) is 0 Å². The van der Waals surface area contributed by atoms with Crippen LogP contribution >= 0.6 is 0 Å². The SMILES string of the molecule is CCCCCCCC/C=C\CCCCCCCCOC(=O)N[C@@H](CO)C(C)C. The molecule has 28 heavy (non-hydrogen) atoms. The zero-order valence-electron chi connectivity index (χ0n) is 18.9. The minimum atomic E-state index is -0.416. The van der Waals surface area contributed by atoms with Crippen molar-refractivity contribution in [3.63, 3.8) is 0 Å². The Hall–Kier alpha value is -1.03. The van der Waals surface area contributed by atoms with Crippen LogP contribution in [0.4, 0.5) is 4.79 Å². The molecule has 0 heterocycles. The first-order valence-electron chi connectivity index (χ1n) is 11.8. The molecule has 4 heteroatoms. The standard InChI is InChI=1S/C24H47NO3/c1-4-5-6-7-8-9-10-11-12-13-14-15-16-17-18-19-20-28-24(27)25-23(21-26)22(2)3/h11-12,22-23,26H,4-10,13-21H2,1-3H3,(H,25,27)/b12-11-/t23-/m0/s1. The molecule has 166 valence electrons. The summed E-state index contributed by atoms with van der Waals surface area (Å²) in [6.45, 7) is 6.60. The summed E-state index contributed by atoms with van der Waals surface area (Å²) in [5.41, 5.74) is 0. The van der Waals surface area contributed by atoms with Gasteiger partial charge in [-0.25, -0.2) is 4.79 Å². The maximum atomic E-state index is 11.6. The average Bonchev–Trinajstić information content (AvgIpc) is 2.68. The summed E-state index contributed by atoms with van der Waals surface area (Å²) in [5, 5.41) is 11.9. The number of hydrogen-bond donors (Lipinski definition) is 2. The number of aliphatic hydroxyl groups is 1. The predicted octanol–water partition coefficient (Wildman–Crippen LogP) is 6.77. The first-order chi connectivity index (χ1) is 13.6. The Bertz CT molecular complexity index is 369. The highest BCUT2D eigenvalue weighted by Crippen LogP contribution is 2.10. The fourth-order valence-corrected chi connectivity index (χ4v) is 3.13. The second-order valence-electron chi connectivity index (χ2n) is 8.25. The number of carbonyl (C=O) groups is 1. The van der Waals surface area contributed by atoms with Crippen molar-refractivity contribution in [3.05, 3.63) is 12.2 Å². The summed E-state index contributed by atoms with van der Waals surface area (Å²) in [6.07, 6.45) is 22.1. The number of carbonyl (C=O) groups excluding carboxylic acids is 1. The number of amides is 1. The van der Waals surface area contributed by atoms with Crippen molar-refractivity contribution < 1.29 is 14.6 Å². The van der Waals surface area contributed by atoms with Gasteiger partial charge in [0.05, 0.1) is 19.3 Å². The number of nitrogens with one attached hydrogen (secondary N) is 1. The van der Waals surface area contributed by atoms with Crippen LogP contribution in [0.1, 0.15) is 111 Å². The maximum absolute atomic E-state index is 11.6. The van der Waals surface area contributed by atoms with E-state index >= 15 is 0 Å². The van der Waals surface area contributed by atoms with E-state index in [1.165, 1.54) is 77.0 Å². The fourth-order valence-electron chi connectivity index (χ4n) is 3.13. The van der Waals surface area contributed by atoms with Crippen LogP contribution in [0.25, 0.3) is 0 Å². The molecule has 0 bridgehead atoms. The minimum absolute atomic E-state index is 0.0546. The first-order valence-corrected chi connectivity index (χ1v) is 11.8. The van der Waals surface area contributed by atoms with Crippen molar-refractivity contribution in [1.29, 1.82) is 0 Å². The maximum Gasteiger partial charge on any atom is 0.407 e. The van der Waals surface area contributed by atoms with Crippen molar-refractivity contribution in [2.45, 2.75) is 117 Å². The van der Waals surface area contributed by atoms with Crippen LogP contribution in [0.15, 0.2) is 12.2 Å². The van der Waals surface area contributed by atoms with E-state index in [1.807, 2.05) is 13.8 Å². The van der Waals surface area contributed by atoms with E-state index in [2.05, 4.69) is 24.4 Å². The molecule has 0 aromatic rings. The van der Waals surface area contributed by atoms with Crippen LogP contribution in [-0.2, 0) is 4.74 Å². The fraction of sp³-hybridized carbons (Fsp3) is 0.875. The van der Waals surface area contributed by atoms with Gasteiger partial charge in [0.2, 0.25) is 0 Å². The van der Waals surface area contributed by atoms with Crippen LogP contribution in [0, 0.1) is 5.92 Å². The highest BCUT2D eigenvalue weighted by molar-refractivity contribution is 5.67. The number of hydrogen-bond acceptors (Lipinski definition) is 3. The topological polar surface area (TPSA) is 58.6 Å². The van der Waals surface area contributed by atoms with Gasteiger partial charge in [-0.2, -0.15) is 0 Å². The molecule has 2 N–H and O–H groups in total. The normalized spacial score (nSPS) is 12.6. The van der Waals surface area contributed by atoms with Gasteiger partial charge in [-0.1, -0.05) is 90.7 Å². The summed E-state index contributed by atoms with van der Waals surface area (Å²) in [5.74, 6) is 0.197. The predicted molar refractivity (Wildman–Crippen MR) is 120 cm³/mol. The van der Waals surface area contributed by atoms with E-state index in [0.29, 0.717) is 6.61 Å². The van der Waals surface area contributed by atoms with E-state index in [1.54, 1.807) is 0 Å². The van der Waals surface area contributed by atoms with E-state index < -0.39 is 6.09 Å². The molecule has 0 radical (unpaired) electrons. The number of unbranched alkanes of at least 4 members (excludes halogenated alkanes) is 12. The molecule has 0 aromatic carbocycles. The molecule has 0 saturated carbocycles. The second kappa shape index (κ2) is 20.7. The number of ether oxygens (including phenoxy) is 1. The minimum Gasteiger partial charge on any atom is -0.450 e. The molecule has 0 spiro atoms. The highest BCUT2D eigenvalue weighted by Gasteiger charge is 2.15. The number of allylic oxidation sites excluding steroid dienone is 2. The van der Waals surface area contributed by atoms with E-state index in [0.717, 1.165) is 12.8 Å². The summed E-state index contributed by atoms with van der Waals surface area (Å²) >= 11 is 0. The van der Waals surface area contributed by atoms with Crippen LogP contribution < -0.4 is 5.32 Å². The Balaban J connectivity index is 3.31. The average molecular weight is 398 g/mol. The second-order valence-corrected chi connectivity index (χ2v) is 8.25. The van der Waals surface area contributed by atoms with Gasteiger partial charge in [-0.05, 0) is 38.0 Å². The summed E-state index contributed by atoms with van der Waals surface area (Å²) in [6, 6.07) is -0.229. The van der Waals surface area contributed by atoms with Crippen molar-refractivity contribution >= 4 is 6.09 Å². The van der Waals surface area contributed by atoms with E-state index in [4.69, 9.17) is 4.74 Å². The first kappa shape index (κ1) is 27.0. The zero-order valence-corrected chi connectivity index (χ0v) is 18.9. The number of alkyl carbamates (subject to hydrolysis) is 1. The molecular weight excluding hydrogens is 350 g/mol. The molecule has 0 aliphatic carbocycles. The Morgan fingerprint density at radius 2 is 1.36 bits per heavy atom. The molecule has 0 fully saturated rings. The third-order valence-corrected chi connectivity index (χ3v) is 5.19. The number of rotatable bonds is 19. The Morgan fingerprint density at radius 3 is 1.86 bits per heavy atom. The highest BCUT2D eigenvalue weighted by atomic mass is 16.5. The lowest BCUT2D eigenvalue weighted by molar-refractivity contribution is 0.127. The van der Waals surface area contributed by atoms with Gasteiger partial charge >= 0.3 is 6.09 Å². The lowest BCUT2D eigenvalue weighted by Gasteiger charge is -2.19. The summed E-state index contributed by atoms with van der Waals surface area (Å²) < 4.78 is 5.17. The monoisotopic (exact) mass is 397 g/mol. The summed E-state index contributed by atoms with van der Waals surface area (Å²) in [4.78, 5) is 11.6. The largest absolute Gasteiger partial charge is 0.450 e. The van der Waals surface area contributed by atoms with E-state index in [-0.39, 0.29) is 18.6 Å². The molecule has 0 aliphatic rings. The van der Waals surface area contributed by atoms with Crippen LogP contribution in [0.3, 0.4) is 0 Å². The van der Waals surface area contributed by atoms with Crippen LogP contribution in [-0.4, -0.2) is 30.5 Å². The van der Waals surface area contributed by atoms with Gasteiger partial charge in [0.15, 0.2) is 0 Å². The van der Waals surface area contributed by atoms with Gasteiger partial charge in [0, 0.05) is 0 Å². The molecule has 1 amide bonds. The Kier molecular flexibility index (Phi) is 19.9.